The third-order valence-electron chi connectivity index (χ3n) is 3.55. The van der Waals surface area contributed by atoms with Gasteiger partial charge in [0, 0.05) is 23.9 Å². The van der Waals surface area contributed by atoms with E-state index >= 15 is 0 Å². The normalized spacial score (nSPS) is 12.2. The van der Waals surface area contributed by atoms with Crippen molar-refractivity contribution in [2.45, 2.75) is 37.1 Å². The largest absolute Gasteiger partial charge is 0.350 e. The van der Waals surface area contributed by atoms with Crippen molar-refractivity contribution in [2.24, 2.45) is 5.73 Å². The van der Waals surface area contributed by atoms with Crippen molar-refractivity contribution in [2.75, 3.05) is 12.8 Å². The fourth-order valence-electron chi connectivity index (χ4n) is 1.71. The molecule has 0 aliphatic carbocycles. The summed E-state index contributed by atoms with van der Waals surface area (Å²) in [6, 6.07) is 5.86. The summed E-state index contributed by atoms with van der Waals surface area (Å²) < 4.78 is 22.7. The molecule has 0 aliphatic heterocycles. The lowest BCUT2D eigenvalue weighted by Crippen LogP contribution is -2.49. The van der Waals surface area contributed by atoms with E-state index < -0.39 is 15.4 Å². The lowest BCUT2D eigenvalue weighted by molar-refractivity contribution is 0.0942. The highest BCUT2D eigenvalue weighted by atomic mass is 32.2. The van der Waals surface area contributed by atoms with E-state index in [-0.39, 0.29) is 10.8 Å². The summed E-state index contributed by atoms with van der Waals surface area (Å²) in [6.07, 6.45) is 2.68. The maximum absolute atomic E-state index is 12.0. The van der Waals surface area contributed by atoms with Crippen LogP contribution in [0.4, 0.5) is 0 Å². The van der Waals surface area contributed by atoms with Crippen LogP contribution in [0.1, 0.15) is 37.0 Å². The molecule has 6 heteroatoms. The van der Waals surface area contributed by atoms with Crippen molar-refractivity contribution in [3.8, 4) is 0 Å². The van der Waals surface area contributed by atoms with Crippen LogP contribution >= 0.6 is 0 Å². The van der Waals surface area contributed by atoms with E-state index in [0.717, 1.165) is 19.1 Å². The van der Waals surface area contributed by atoms with Crippen molar-refractivity contribution >= 4 is 15.7 Å². The second-order valence-corrected chi connectivity index (χ2v) is 7.06. The predicted molar refractivity (Wildman–Crippen MR) is 79.4 cm³/mol. The number of rotatable bonds is 6. The molecule has 0 fully saturated rings. The van der Waals surface area contributed by atoms with E-state index in [1.165, 1.54) is 24.3 Å². The Hall–Kier alpha value is -1.40. The van der Waals surface area contributed by atoms with Gasteiger partial charge in [-0.2, -0.15) is 0 Å². The first-order chi connectivity index (χ1) is 9.22. The number of nitrogens with two attached hydrogens (primary N) is 1. The third-order valence-corrected chi connectivity index (χ3v) is 4.68. The van der Waals surface area contributed by atoms with E-state index in [4.69, 9.17) is 5.73 Å². The van der Waals surface area contributed by atoms with Crippen molar-refractivity contribution in [3.05, 3.63) is 29.8 Å². The quantitative estimate of drug-likeness (QED) is 0.829. The SMILES string of the molecule is CCC(N)(CC)CNC(=O)c1ccc(S(C)(=O)=O)cc1. The first-order valence-electron chi connectivity index (χ1n) is 6.59. The van der Waals surface area contributed by atoms with Crippen LogP contribution < -0.4 is 11.1 Å². The van der Waals surface area contributed by atoms with Gasteiger partial charge < -0.3 is 11.1 Å². The second kappa shape index (κ2) is 6.37. The van der Waals surface area contributed by atoms with Gasteiger partial charge in [0.2, 0.25) is 0 Å². The number of hydrogen-bond acceptors (Lipinski definition) is 4. The summed E-state index contributed by atoms with van der Waals surface area (Å²) in [5, 5.41) is 2.79. The molecule has 1 aromatic carbocycles. The van der Waals surface area contributed by atoms with Gasteiger partial charge in [-0.3, -0.25) is 4.79 Å². The molecule has 0 atom stereocenters. The summed E-state index contributed by atoms with van der Waals surface area (Å²) in [5.41, 5.74) is 6.13. The van der Waals surface area contributed by atoms with E-state index in [1.807, 2.05) is 13.8 Å². The molecule has 0 bridgehead atoms. The smallest absolute Gasteiger partial charge is 0.251 e. The van der Waals surface area contributed by atoms with Crippen LogP contribution in [0.25, 0.3) is 0 Å². The van der Waals surface area contributed by atoms with Crippen LogP contribution in [0.3, 0.4) is 0 Å². The molecule has 1 rings (SSSR count). The molecule has 0 heterocycles. The van der Waals surface area contributed by atoms with Crippen molar-refractivity contribution in [3.63, 3.8) is 0 Å². The minimum Gasteiger partial charge on any atom is -0.350 e. The minimum absolute atomic E-state index is 0.198. The van der Waals surface area contributed by atoms with Crippen LogP contribution in [0.2, 0.25) is 0 Å². The number of hydrogen-bond donors (Lipinski definition) is 2. The molecule has 5 nitrogen and oxygen atoms in total. The molecular weight excluding hydrogens is 276 g/mol. The lowest BCUT2D eigenvalue weighted by Gasteiger charge is -2.26. The van der Waals surface area contributed by atoms with Gasteiger partial charge in [-0.05, 0) is 37.1 Å². The van der Waals surface area contributed by atoms with Gasteiger partial charge in [-0.15, -0.1) is 0 Å². The van der Waals surface area contributed by atoms with E-state index in [0.29, 0.717) is 12.1 Å². The van der Waals surface area contributed by atoms with Crippen molar-refractivity contribution < 1.29 is 13.2 Å². The fraction of sp³-hybridized carbons (Fsp3) is 0.500. The molecular formula is C14H22N2O3S. The second-order valence-electron chi connectivity index (χ2n) is 5.05. The molecule has 0 spiro atoms. The zero-order chi connectivity index (χ0) is 15.4. The van der Waals surface area contributed by atoms with Crippen LogP contribution in [-0.4, -0.2) is 32.7 Å². The van der Waals surface area contributed by atoms with Gasteiger partial charge in [-0.1, -0.05) is 13.8 Å². The molecule has 0 radical (unpaired) electrons. The Bertz CT molecular complexity index is 561. The Balaban J connectivity index is 2.74. The number of carbonyl (C=O) groups is 1. The van der Waals surface area contributed by atoms with Gasteiger partial charge >= 0.3 is 0 Å². The number of benzene rings is 1. The first kappa shape index (κ1) is 16.7. The summed E-state index contributed by atoms with van der Waals surface area (Å²) in [6.45, 7) is 4.36. The average Bonchev–Trinajstić information content (AvgIpc) is 2.43. The van der Waals surface area contributed by atoms with E-state index in [9.17, 15) is 13.2 Å². The van der Waals surface area contributed by atoms with Crippen molar-refractivity contribution in [1.29, 1.82) is 0 Å². The average molecular weight is 298 g/mol. The molecule has 0 aromatic heterocycles. The lowest BCUT2D eigenvalue weighted by atomic mass is 9.94. The van der Waals surface area contributed by atoms with Crippen LogP contribution in [-0.2, 0) is 9.84 Å². The molecule has 112 valence electrons. The molecule has 0 saturated carbocycles. The summed E-state index contributed by atoms with van der Waals surface area (Å²) >= 11 is 0. The summed E-state index contributed by atoms with van der Waals surface area (Å²) in [4.78, 5) is 12.2. The van der Waals surface area contributed by atoms with Crippen LogP contribution in [0, 0.1) is 0 Å². The zero-order valence-corrected chi connectivity index (χ0v) is 13.0. The Kier molecular flexibility index (Phi) is 5.30. The molecule has 0 aliphatic rings. The number of sulfone groups is 1. The van der Waals surface area contributed by atoms with Crippen LogP contribution in [0.5, 0.6) is 0 Å². The highest BCUT2D eigenvalue weighted by molar-refractivity contribution is 7.90. The number of amides is 1. The maximum Gasteiger partial charge on any atom is 0.251 e. The fourth-order valence-corrected chi connectivity index (χ4v) is 2.34. The highest BCUT2D eigenvalue weighted by Crippen LogP contribution is 2.12. The maximum atomic E-state index is 12.0. The number of nitrogens with one attached hydrogen (secondary N) is 1. The first-order valence-corrected chi connectivity index (χ1v) is 8.48. The van der Waals surface area contributed by atoms with Gasteiger partial charge in [0.05, 0.1) is 4.90 Å². The van der Waals surface area contributed by atoms with Gasteiger partial charge in [0.25, 0.3) is 5.91 Å². The zero-order valence-electron chi connectivity index (χ0n) is 12.1. The molecule has 0 unspecified atom stereocenters. The Morgan fingerprint density at radius 2 is 1.70 bits per heavy atom. The predicted octanol–water partition coefficient (Wildman–Crippen LogP) is 1.34. The summed E-state index contributed by atoms with van der Waals surface area (Å²) in [5.74, 6) is -0.248. The summed E-state index contributed by atoms with van der Waals surface area (Å²) in [7, 11) is -3.24. The van der Waals surface area contributed by atoms with Gasteiger partial charge in [0.15, 0.2) is 9.84 Å². The van der Waals surface area contributed by atoms with Gasteiger partial charge in [-0.25, -0.2) is 8.42 Å². The van der Waals surface area contributed by atoms with Crippen LogP contribution in [0.15, 0.2) is 29.2 Å². The Morgan fingerprint density at radius 3 is 2.10 bits per heavy atom. The van der Waals surface area contributed by atoms with E-state index in [2.05, 4.69) is 5.32 Å². The molecule has 1 aromatic rings. The monoisotopic (exact) mass is 298 g/mol. The standard InChI is InChI=1S/C14H22N2O3S/c1-4-14(15,5-2)10-16-13(17)11-6-8-12(9-7-11)20(3,18)19/h6-9H,4-5,10,15H2,1-3H3,(H,16,17). The molecule has 20 heavy (non-hydrogen) atoms. The Labute approximate surface area is 120 Å². The molecule has 3 N–H and O–H groups in total. The highest BCUT2D eigenvalue weighted by Gasteiger charge is 2.21. The number of carbonyl (C=O) groups excluding carboxylic acids is 1. The van der Waals surface area contributed by atoms with E-state index in [1.54, 1.807) is 0 Å². The van der Waals surface area contributed by atoms with Gasteiger partial charge in [0.1, 0.15) is 0 Å². The minimum atomic E-state index is -3.24. The molecule has 1 amide bonds. The topological polar surface area (TPSA) is 89.3 Å². The Morgan fingerprint density at radius 1 is 1.20 bits per heavy atom. The van der Waals surface area contributed by atoms with Crippen molar-refractivity contribution in [1.82, 2.24) is 5.32 Å². The third kappa shape index (κ3) is 4.31. The molecule has 0 saturated heterocycles.